The van der Waals surface area contributed by atoms with Crippen molar-refractivity contribution in [2.75, 3.05) is 0 Å². The van der Waals surface area contributed by atoms with Gasteiger partial charge in [-0.3, -0.25) is 0 Å². The third-order valence-corrected chi connectivity index (χ3v) is 4.78. The predicted molar refractivity (Wildman–Crippen MR) is 88.2 cm³/mol. The van der Waals surface area contributed by atoms with Gasteiger partial charge in [0.25, 0.3) is 0 Å². The minimum atomic E-state index is -0.345. The van der Waals surface area contributed by atoms with Gasteiger partial charge in [0, 0.05) is 27.1 Å². The number of rotatable bonds is 2. The summed E-state index contributed by atoms with van der Waals surface area (Å²) in [4.78, 5) is 17.2. The predicted octanol–water partition coefficient (Wildman–Crippen LogP) is 4.10. The number of aryl methyl sites for hydroxylation is 1. The molecule has 0 aliphatic heterocycles. The molecule has 0 saturated carbocycles. The Balaban J connectivity index is 2.13. The molecule has 1 atom stereocenters. The van der Waals surface area contributed by atoms with Crippen LogP contribution in [0.5, 0.6) is 0 Å². The number of primary amides is 1. The Morgan fingerprint density at radius 2 is 2.24 bits per heavy atom. The van der Waals surface area contributed by atoms with Crippen LogP contribution in [0.2, 0.25) is 0 Å². The highest BCUT2D eigenvalue weighted by Gasteiger charge is 2.32. The number of aromatic amines is 1. The Bertz CT molecular complexity index is 692. The van der Waals surface area contributed by atoms with E-state index in [9.17, 15) is 4.79 Å². The zero-order valence-electron chi connectivity index (χ0n) is 12.3. The van der Waals surface area contributed by atoms with Gasteiger partial charge in [0.1, 0.15) is 0 Å². The van der Waals surface area contributed by atoms with Crippen molar-refractivity contribution >= 4 is 32.9 Å². The Hall–Kier alpha value is -1.49. The second kappa shape index (κ2) is 5.37. The highest BCUT2D eigenvalue weighted by atomic mass is 79.9. The molecule has 0 saturated heterocycles. The van der Waals surface area contributed by atoms with E-state index in [2.05, 4.69) is 33.0 Å². The summed E-state index contributed by atoms with van der Waals surface area (Å²) in [6, 6.07) is 6.07. The average molecular weight is 350 g/mol. The van der Waals surface area contributed by atoms with E-state index >= 15 is 0 Å². The van der Waals surface area contributed by atoms with Crippen molar-refractivity contribution in [1.29, 1.82) is 0 Å². The van der Waals surface area contributed by atoms with Crippen molar-refractivity contribution in [3.63, 3.8) is 0 Å². The maximum Gasteiger partial charge on any atom is 0.315 e. The van der Waals surface area contributed by atoms with Crippen LogP contribution in [-0.2, 0) is 6.42 Å². The van der Waals surface area contributed by atoms with E-state index in [1.807, 2.05) is 19.9 Å². The molecule has 2 amide bonds. The standard InChI is InChI=1S/C16H20BrN3O/c1-9(2)20(16(18)21)14-5-3-4-11-12-8-10(17)6-7-13(12)19-15(11)14/h6-9,14,19H,3-5H2,1-2H3,(H2,18,21). The van der Waals surface area contributed by atoms with E-state index in [1.54, 1.807) is 4.90 Å². The molecule has 4 nitrogen and oxygen atoms in total. The Labute approximate surface area is 132 Å². The monoisotopic (exact) mass is 349 g/mol. The number of nitrogens with zero attached hydrogens (tertiary/aromatic N) is 1. The third kappa shape index (κ3) is 2.44. The summed E-state index contributed by atoms with van der Waals surface area (Å²) in [5.74, 6) is 0. The lowest BCUT2D eigenvalue weighted by atomic mass is 9.90. The molecule has 1 heterocycles. The molecule has 1 aliphatic rings. The summed E-state index contributed by atoms with van der Waals surface area (Å²) in [6.45, 7) is 4.02. The van der Waals surface area contributed by atoms with Crippen LogP contribution < -0.4 is 5.73 Å². The second-order valence-corrected chi connectivity index (χ2v) is 6.87. The molecule has 1 unspecified atom stereocenters. The molecule has 1 aromatic carbocycles. The number of hydrogen-bond acceptors (Lipinski definition) is 1. The van der Waals surface area contributed by atoms with Gasteiger partial charge in [-0.1, -0.05) is 15.9 Å². The lowest BCUT2D eigenvalue weighted by Crippen LogP contribution is -2.44. The number of carbonyl (C=O) groups is 1. The number of benzene rings is 1. The second-order valence-electron chi connectivity index (χ2n) is 5.95. The maximum absolute atomic E-state index is 11.8. The molecule has 3 rings (SSSR count). The molecule has 5 heteroatoms. The van der Waals surface area contributed by atoms with Gasteiger partial charge in [0.05, 0.1) is 6.04 Å². The van der Waals surface area contributed by atoms with Crippen molar-refractivity contribution in [2.24, 2.45) is 5.73 Å². The van der Waals surface area contributed by atoms with Crippen LogP contribution in [0.3, 0.4) is 0 Å². The summed E-state index contributed by atoms with van der Waals surface area (Å²) >= 11 is 3.54. The van der Waals surface area contributed by atoms with Gasteiger partial charge in [-0.15, -0.1) is 0 Å². The SMILES string of the molecule is CC(C)N(C(N)=O)C1CCCc2c1[nH]c1ccc(Br)cc21. The van der Waals surface area contributed by atoms with Gasteiger partial charge in [0.2, 0.25) is 0 Å². The van der Waals surface area contributed by atoms with E-state index in [4.69, 9.17) is 5.73 Å². The van der Waals surface area contributed by atoms with Gasteiger partial charge in [-0.2, -0.15) is 0 Å². The van der Waals surface area contributed by atoms with E-state index in [0.717, 1.165) is 34.9 Å². The van der Waals surface area contributed by atoms with E-state index in [1.165, 1.54) is 10.9 Å². The largest absolute Gasteiger partial charge is 0.356 e. The van der Waals surface area contributed by atoms with E-state index in [0.29, 0.717) is 0 Å². The first-order chi connectivity index (χ1) is 9.99. The molecule has 0 radical (unpaired) electrons. The Morgan fingerprint density at radius 3 is 2.90 bits per heavy atom. The molecule has 0 fully saturated rings. The number of urea groups is 1. The van der Waals surface area contributed by atoms with Crippen LogP contribution in [0.1, 0.15) is 44.0 Å². The molecule has 112 valence electrons. The maximum atomic E-state index is 11.8. The van der Waals surface area contributed by atoms with Crippen molar-refractivity contribution in [3.05, 3.63) is 33.9 Å². The summed E-state index contributed by atoms with van der Waals surface area (Å²) in [7, 11) is 0. The molecular weight excluding hydrogens is 330 g/mol. The number of amides is 2. The first-order valence-corrected chi connectivity index (χ1v) is 8.16. The highest BCUT2D eigenvalue weighted by molar-refractivity contribution is 9.10. The number of nitrogens with two attached hydrogens (primary N) is 1. The van der Waals surface area contributed by atoms with Crippen LogP contribution in [0.25, 0.3) is 10.9 Å². The number of aromatic nitrogens is 1. The van der Waals surface area contributed by atoms with Crippen LogP contribution in [-0.4, -0.2) is 22.0 Å². The van der Waals surface area contributed by atoms with Gasteiger partial charge in [-0.05, 0) is 56.9 Å². The number of hydrogen-bond donors (Lipinski definition) is 2. The van der Waals surface area contributed by atoms with Crippen molar-refractivity contribution in [3.8, 4) is 0 Å². The normalized spacial score (nSPS) is 18.0. The molecule has 0 bridgehead atoms. The average Bonchev–Trinajstić information content (AvgIpc) is 2.77. The summed E-state index contributed by atoms with van der Waals surface area (Å²) in [6.07, 6.45) is 3.09. The van der Waals surface area contributed by atoms with Crippen LogP contribution >= 0.6 is 15.9 Å². The zero-order valence-corrected chi connectivity index (χ0v) is 13.9. The lowest BCUT2D eigenvalue weighted by molar-refractivity contribution is 0.152. The zero-order chi connectivity index (χ0) is 15.1. The van der Waals surface area contributed by atoms with Gasteiger partial charge >= 0.3 is 6.03 Å². The molecule has 21 heavy (non-hydrogen) atoms. The summed E-state index contributed by atoms with van der Waals surface area (Å²) < 4.78 is 1.08. The summed E-state index contributed by atoms with van der Waals surface area (Å²) in [5.41, 5.74) is 9.22. The van der Waals surface area contributed by atoms with E-state index < -0.39 is 0 Å². The quantitative estimate of drug-likeness (QED) is 0.842. The molecular formula is C16H20BrN3O. The number of nitrogens with one attached hydrogen (secondary N) is 1. The fourth-order valence-corrected chi connectivity index (χ4v) is 3.82. The first kappa shape index (κ1) is 14.4. The fraction of sp³-hybridized carbons (Fsp3) is 0.438. The van der Waals surface area contributed by atoms with Crippen molar-refractivity contribution in [2.45, 2.75) is 45.2 Å². The Kier molecular flexibility index (Phi) is 3.69. The minimum Gasteiger partial charge on any atom is -0.356 e. The molecule has 2 aromatic rings. The lowest BCUT2D eigenvalue weighted by Gasteiger charge is -2.36. The number of halogens is 1. The van der Waals surface area contributed by atoms with Crippen molar-refractivity contribution < 1.29 is 4.79 Å². The molecule has 0 spiro atoms. The molecule has 1 aromatic heterocycles. The Morgan fingerprint density at radius 1 is 1.48 bits per heavy atom. The van der Waals surface area contributed by atoms with Crippen LogP contribution in [0, 0.1) is 0 Å². The van der Waals surface area contributed by atoms with Crippen molar-refractivity contribution in [1.82, 2.24) is 9.88 Å². The molecule has 3 N–H and O–H groups in total. The number of fused-ring (bicyclic) bond motifs is 3. The van der Waals surface area contributed by atoms with Gasteiger partial charge in [0.15, 0.2) is 0 Å². The third-order valence-electron chi connectivity index (χ3n) is 4.29. The van der Waals surface area contributed by atoms with Gasteiger partial charge < -0.3 is 15.6 Å². The number of carbonyl (C=O) groups excluding carboxylic acids is 1. The molecule has 1 aliphatic carbocycles. The number of H-pyrrole nitrogens is 1. The smallest absolute Gasteiger partial charge is 0.315 e. The first-order valence-electron chi connectivity index (χ1n) is 7.36. The van der Waals surface area contributed by atoms with E-state index in [-0.39, 0.29) is 18.1 Å². The highest BCUT2D eigenvalue weighted by Crippen LogP contribution is 2.39. The summed E-state index contributed by atoms with van der Waals surface area (Å²) in [5, 5.41) is 1.25. The van der Waals surface area contributed by atoms with Crippen LogP contribution in [0.4, 0.5) is 4.79 Å². The van der Waals surface area contributed by atoms with Gasteiger partial charge in [-0.25, -0.2) is 4.79 Å². The fourth-order valence-electron chi connectivity index (χ4n) is 3.46. The van der Waals surface area contributed by atoms with Crippen LogP contribution in [0.15, 0.2) is 22.7 Å². The topological polar surface area (TPSA) is 62.1 Å². The minimum absolute atomic E-state index is 0.0532.